The smallest absolute Gasteiger partial charge is 0.238 e. The largest absolute Gasteiger partial charge is 0.324 e. The van der Waals surface area contributed by atoms with Gasteiger partial charge in [0.1, 0.15) is 0 Å². The molecule has 0 bridgehead atoms. The Balaban J connectivity index is 0.00000289. The number of nitrogens with one attached hydrogen (secondary N) is 1. The first-order valence-electron chi connectivity index (χ1n) is 6.16. The third kappa shape index (κ3) is 4.94. The van der Waals surface area contributed by atoms with Crippen molar-refractivity contribution in [3.05, 3.63) is 29.3 Å². The summed E-state index contributed by atoms with van der Waals surface area (Å²) in [6.07, 6.45) is 0. The zero-order chi connectivity index (χ0) is 12.8. The molecule has 0 aliphatic rings. The van der Waals surface area contributed by atoms with Crippen LogP contribution in [0.3, 0.4) is 0 Å². The molecule has 0 heterocycles. The number of nitrogens with zero attached hydrogens (tertiary/aromatic N) is 1. The molecular weight excluding hydrogens is 320 g/mol. The summed E-state index contributed by atoms with van der Waals surface area (Å²) in [4.78, 5) is 14.0. The SMILES string of the molecule is CCN(CC)CC(=O)Nc1c(C)cccc1C.[Ag]. The minimum atomic E-state index is 0. The van der Waals surface area contributed by atoms with E-state index >= 15 is 0 Å². The van der Waals surface area contributed by atoms with Crippen molar-refractivity contribution in [2.24, 2.45) is 0 Å². The number of anilines is 1. The van der Waals surface area contributed by atoms with Gasteiger partial charge in [-0.2, -0.15) is 0 Å². The van der Waals surface area contributed by atoms with Gasteiger partial charge in [-0.1, -0.05) is 32.0 Å². The fourth-order valence-electron chi connectivity index (χ4n) is 1.84. The normalized spacial score (nSPS) is 10.1. The van der Waals surface area contributed by atoms with Crippen molar-refractivity contribution in [2.45, 2.75) is 27.7 Å². The fourth-order valence-corrected chi connectivity index (χ4v) is 1.84. The van der Waals surface area contributed by atoms with Crippen molar-refractivity contribution in [1.29, 1.82) is 0 Å². The Kier molecular flexibility index (Phi) is 8.20. The minimum absolute atomic E-state index is 0. The van der Waals surface area contributed by atoms with E-state index in [1.165, 1.54) is 0 Å². The third-order valence-corrected chi connectivity index (χ3v) is 3.01. The number of aryl methyl sites for hydroxylation is 2. The molecule has 0 aliphatic heterocycles. The van der Waals surface area contributed by atoms with E-state index in [2.05, 4.69) is 24.1 Å². The van der Waals surface area contributed by atoms with E-state index in [1.807, 2.05) is 32.0 Å². The summed E-state index contributed by atoms with van der Waals surface area (Å²) in [5.41, 5.74) is 3.17. The molecule has 1 amide bonds. The Bertz CT molecular complexity index is 369. The second-order valence-electron chi connectivity index (χ2n) is 4.28. The second kappa shape index (κ2) is 8.48. The summed E-state index contributed by atoms with van der Waals surface area (Å²) < 4.78 is 0. The van der Waals surface area contributed by atoms with E-state index in [4.69, 9.17) is 0 Å². The Morgan fingerprint density at radius 3 is 2.11 bits per heavy atom. The fraction of sp³-hybridized carbons (Fsp3) is 0.500. The van der Waals surface area contributed by atoms with E-state index in [0.29, 0.717) is 6.54 Å². The first-order chi connectivity index (χ1) is 8.08. The number of carbonyl (C=O) groups excluding carboxylic acids is 1. The molecular formula is C14H22AgN2O. The van der Waals surface area contributed by atoms with Crippen molar-refractivity contribution < 1.29 is 27.2 Å². The summed E-state index contributed by atoms with van der Waals surface area (Å²) in [5.74, 6) is 0.0612. The average molecular weight is 342 g/mol. The maximum absolute atomic E-state index is 11.9. The van der Waals surface area contributed by atoms with E-state index in [9.17, 15) is 4.79 Å². The molecule has 18 heavy (non-hydrogen) atoms. The van der Waals surface area contributed by atoms with Crippen LogP contribution in [-0.4, -0.2) is 30.4 Å². The maximum atomic E-state index is 11.9. The number of amides is 1. The average Bonchev–Trinajstić information content (AvgIpc) is 2.31. The van der Waals surface area contributed by atoms with Gasteiger partial charge in [0.15, 0.2) is 0 Å². The van der Waals surface area contributed by atoms with Crippen LogP contribution >= 0.6 is 0 Å². The van der Waals surface area contributed by atoms with Crippen LogP contribution < -0.4 is 5.32 Å². The van der Waals surface area contributed by atoms with Crippen molar-refractivity contribution in [1.82, 2.24) is 4.90 Å². The predicted octanol–water partition coefficient (Wildman–Crippen LogP) is 2.58. The van der Waals surface area contributed by atoms with Gasteiger partial charge in [0.05, 0.1) is 6.54 Å². The van der Waals surface area contributed by atoms with Gasteiger partial charge in [-0.15, -0.1) is 0 Å². The van der Waals surface area contributed by atoms with Crippen LogP contribution in [0.1, 0.15) is 25.0 Å². The van der Waals surface area contributed by atoms with Gasteiger partial charge in [-0.3, -0.25) is 9.69 Å². The number of rotatable bonds is 5. The molecule has 1 rings (SSSR count). The molecule has 0 saturated carbocycles. The van der Waals surface area contributed by atoms with E-state index in [-0.39, 0.29) is 28.3 Å². The van der Waals surface area contributed by atoms with Crippen LogP contribution in [0.5, 0.6) is 0 Å². The molecule has 1 aromatic rings. The molecule has 0 fully saturated rings. The molecule has 3 nitrogen and oxygen atoms in total. The molecule has 4 heteroatoms. The van der Waals surface area contributed by atoms with Crippen molar-refractivity contribution in [3.8, 4) is 0 Å². The topological polar surface area (TPSA) is 32.3 Å². The summed E-state index contributed by atoms with van der Waals surface area (Å²) in [7, 11) is 0. The van der Waals surface area contributed by atoms with E-state index < -0.39 is 0 Å². The molecule has 0 atom stereocenters. The van der Waals surface area contributed by atoms with Gasteiger partial charge in [0.25, 0.3) is 0 Å². The van der Waals surface area contributed by atoms with Gasteiger partial charge in [0.2, 0.25) is 5.91 Å². The zero-order valence-electron chi connectivity index (χ0n) is 11.5. The zero-order valence-corrected chi connectivity index (χ0v) is 13.0. The molecule has 0 aliphatic carbocycles. The number of benzene rings is 1. The number of carbonyl (C=O) groups is 1. The maximum Gasteiger partial charge on any atom is 0.238 e. The first-order valence-corrected chi connectivity index (χ1v) is 6.16. The van der Waals surface area contributed by atoms with Crippen LogP contribution in [0.4, 0.5) is 5.69 Å². The molecule has 0 unspecified atom stereocenters. The molecule has 1 aromatic carbocycles. The molecule has 1 N–H and O–H groups in total. The number of hydrogen-bond acceptors (Lipinski definition) is 2. The Morgan fingerprint density at radius 2 is 1.67 bits per heavy atom. The van der Waals surface area contributed by atoms with Crippen molar-refractivity contribution in [3.63, 3.8) is 0 Å². The van der Waals surface area contributed by atoms with Crippen LogP contribution in [-0.2, 0) is 27.2 Å². The minimum Gasteiger partial charge on any atom is -0.324 e. The van der Waals surface area contributed by atoms with Crippen molar-refractivity contribution in [2.75, 3.05) is 25.0 Å². The van der Waals surface area contributed by atoms with Gasteiger partial charge >= 0.3 is 0 Å². The summed E-state index contributed by atoms with van der Waals surface area (Å²) in [6.45, 7) is 10.4. The van der Waals surface area contributed by atoms with Gasteiger partial charge in [0, 0.05) is 28.1 Å². The molecule has 0 saturated heterocycles. The molecule has 0 aromatic heterocycles. The predicted molar refractivity (Wildman–Crippen MR) is 72.3 cm³/mol. The number of para-hydroxylation sites is 1. The van der Waals surface area contributed by atoms with Crippen molar-refractivity contribution >= 4 is 11.6 Å². The second-order valence-corrected chi connectivity index (χ2v) is 4.28. The molecule has 0 spiro atoms. The van der Waals surface area contributed by atoms with E-state index in [0.717, 1.165) is 29.9 Å². The Labute approximate surface area is 125 Å². The summed E-state index contributed by atoms with van der Waals surface area (Å²) in [5, 5.41) is 3.00. The third-order valence-electron chi connectivity index (χ3n) is 3.01. The standard InChI is InChI=1S/C14H22N2O.Ag/c1-5-16(6-2)10-13(17)15-14-11(3)8-7-9-12(14)4;/h7-9H,5-6,10H2,1-4H3,(H,15,17);. The van der Waals surface area contributed by atoms with Crippen LogP contribution in [0.2, 0.25) is 0 Å². The summed E-state index contributed by atoms with van der Waals surface area (Å²) >= 11 is 0. The quantitative estimate of drug-likeness (QED) is 0.835. The Morgan fingerprint density at radius 1 is 1.17 bits per heavy atom. The molecule has 105 valence electrons. The van der Waals surface area contributed by atoms with Crippen LogP contribution in [0.25, 0.3) is 0 Å². The van der Waals surface area contributed by atoms with E-state index in [1.54, 1.807) is 0 Å². The Hall–Kier alpha value is -0.610. The number of hydrogen-bond donors (Lipinski definition) is 1. The molecule has 1 radical (unpaired) electrons. The number of likely N-dealkylation sites (N-methyl/N-ethyl adjacent to an activating group) is 1. The van der Waals surface area contributed by atoms with Gasteiger partial charge < -0.3 is 5.32 Å². The monoisotopic (exact) mass is 341 g/mol. The summed E-state index contributed by atoms with van der Waals surface area (Å²) in [6, 6.07) is 6.03. The van der Waals surface area contributed by atoms with Gasteiger partial charge in [-0.05, 0) is 38.1 Å². The first kappa shape index (κ1) is 17.4. The van der Waals surface area contributed by atoms with Crippen LogP contribution in [0, 0.1) is 13.8 Å². The van der Waals surface area contributed by atoms with Gasteiger partial charge in [-0.25, -0.2) is 0 Å². The van der Waals surface area contributed by atoms with Crippen LogP contribution in [0.15, 0.2) is 18.2 Å².